The minimum atomic E-state index is -4.75. The van der Waals surface area contributed by atoms with Crippen LogP contribution in [0.1, 0.15) is 34.7 Å². The summed E-state index contributed by atoms with van der Waals surface area (Å²) in [6.45, 7) is 3.13. The zero-order valence-corrected chi connectivity index (χ0v) is 23.8. The lowest BCUT2D eigenvalue weighted by atomic mass is 10.0. The topological polar surface area (TPSA) is 93.7 Å². The summed E-state index contributed by atoms with van der Waals surface area (Å²) in [4.78, 5) is 22.8. The Morgan fingerprint density at radius 2 is 1.83 bits per heavy atom. The van der Waals surface area contributed by atoms with E-state index in [1.165, 1.54) is 19.2 Å². The van der Waals surface area contributed by atoms with Gasteiger partial charge in [0.15, 0.2) is 0 Å². The number of esters is 1. The smallest absolute Gasteiger partial charge is 0.469 e. The van der Waals surface area contributed by atoms with Crippen LogP contribution in [0, 0.1) is 5.92 Å². The van der Waals surface area contributed by atoms with Crippen molar-refractivity contribution in [3.05, 3.63) is 82.7 Å². The second-order valence-electron chi connectivity index (χ2n) is 9.74. The Morgan fingerprint density at radius 1 is 1.10 bits per heavy atom. The third-order valence-electron chi connectivity index (χ3n) is 6.94. The SMILES string of the molecule is CCc1cnc(N(CCNS(=O)CCc2cccc3c2CC(C(=O)OC)C3)Cc2ccc(OC(F)(F)F)cc2)nc1. The fraction of sp³-hybridized carbons (Fsp3) is 0.414. The molecule has 0 radical (unpaired) electrons. The van der Waals surface area contributed by atoms with Crippen LogP contribution in [-0.4, -0.2) is 52.5 Å². The van der Waals surface area contributed by atoms with Gasteiger partial charge in [-0.1, -0.05) is 37.3 Å². The number of halogens is 3. The van der Waals surface area contributed by atoms with Gasteiger partial charge in [0.2, 0.25) is 5.95 Å². The summed E-state index contributed by atoms with van der Waals surface area (Å²) < 4.78 is 62.3. The van der Waals surface area contributed by atoms with Crippen molar-refractivity contribution in [1.29, 1.82) is 0 Å². The number of nitrogens with zero attached hydrogens (tertiary/aromatic N) is 3. The van der Waals surface area contributed by atoms with E-state index in [1.807, 2.05) is 30.0 Å². The zero-order chi connectivity index (χ0) is 29.4. The molecular weight excluding hydrogens is 557 g/mol. The average molecular weight is 591 g/mol. The molecule has 4 rings (SSSR count). The predicted octanol–water partition coefficient (Wildman–Crippen LogP) is 4.33. The van der Waals surface area contributed by atoms with Crippen molar-refractivity contribution in [2.75, 3.05) is 30.9 Å². The van der Waals surface area contributed by atoms with Crippen molar-refractivity contribution in [3.8, 4) is 5.75 Å². The Labute approximate surface area is 239 Å². The van der Waals surface area contributed by atoms with Crippen LogP contribution in [0.2, 0.25) is 0 Å². The summed E-state index contributed by atoms with van der Waals surface area (Å²) in [6, 6.07) is 11.7. The zero-order valence-electron chi connectivity index (χ0n) is 22.9. The van der Waals surface area contributed by atoms with E-state index in [1.54, 1.807) is 24.5 Å². The van der Waals surface area contributed by atoms with Gasteiger partial charge in [0.05, 0.1) is 24.0 Å². The van der Waals surface area contributed by atoms with Crippen LogP contribution in [0.25, 0.3) is 0 Å². The van der Waals surface area contributed by atoms with E-state index in [9.17, 15) is 22.2 Å². The Bertz CT molecular complexity index is 1340. The number of hydrogen-bond acceptors (Lipinski definition) is 7. The molecule has 1 N–H and O–H groups in total. The van der Waals surface area contributed by atoms with Gasteiger partial charge in [-0.15, -0.1) is 13.2 Å². The van der Waals surface area contributed by atoms with Gasteiger partial charge in [0.25, 0.3) is 0 Å². The van der Waals surface area contributed by atoms with Crippen molar-refractivity contribution in [3.63, 3.8) is 0 Å². The molecule has 0 bridgehead atoms. The number of methoxy groups -OCH3 is 1. The van der Waals surface area contributed by atoms with Gasteiger partial charge in [-0.3, -0.25) is 4.79 Å². The molecule has 0 spiro atoms. The van der Waals surface area contributed by atoms with E-state index in [2.05, 4.69) is 19.4 Å². The van der Waals surface area contributed by atoms with Gasteiger partial charge in [-0.25, -0.2) is 18.9 Å². The maximum Gasteiger partial charge on any atom is 0.573 e. The number of fused-ring (bicyclic) bond motifs is 1. The van der Waals surface area contributed by atoms with E-state index in [0.717, 1.165) is 34.2 Å². The second kappa shape index (κ2) is 13.9. The summed E-state index contributed by atoms with van der Waals surface area (Å²) >= 11 is 0. The fourth-order valence-corrected chi connectivity index (χ4v) is 5.69. The number of aromatic nitrogens is 2. The molecule has 1 aliphatic rings. The van der Waals surface area contributed by atoms with Crippen LogP contribution in [0.4, 0.5) is 19.1 Å². The first-order valence-corrected chi connectivity index (χ1v) is 14.7. The van der Waals surface area contributed by atoms with Gasteiger partial charge in [0, 0.05) is 37.8 Å². The van der Waals surface area contributed by atoms with Crippen molar-refractivity contribution in [2.24, 2.45) is 5.92 Å². The molecule has 2 aromatic carbocycles. The molecule has 1 heterocycles. The summed E-state index contributed by atoms with van der Waals surface area (Å²) in [5, 5.41) is 0. The summed E-state index contributed by atoms with van der Waals surface area (Å²) in [5.41, 5.74) is 5.09. The molecule has 0 saturated heterocycles. The quantitative estimate of drug-likeness (QED) is 0.296. The first-order valence-electron chi connectivity index (χ1n) is 13.3. The molecule has 41 heavy (non-hydrogen) atoms. The lowest BCUT2D eigenvalue weighted by molar-refractivity contribution is -0.274. The highest BCUT2D eigenvalue weighted by atomic mass is 32.2. The molecule has 2 atom stereocenters. The van der Waals surface area contributed by atoms with Gasteiger partial charge in [-0.2, -0.15) is 0 Å². The number of aryl methyl sites for hydroxylation is 2. The van der Waals surface area contributed by atoms with Crippen LogP contribution < -0.4 is 14.4 Å². The lowest BCUT2D eigenvalue weighted by Crippen LogP contribution is -2.34. The molecule has 8 nitrogen and oxygen atoms in total. The van der Waals surface area contributed by atoms with E-state index in [0.29, 0.717) is 50.6 Å². The third kappa shape index (κ3) is 8.74. The minimum absolute atomic E-state index is 0.173. The lowest BCUT2D eigenvalue weighted by Gasteiger charge is -2.23. The Kier molecular flexibility index (Phi) is 10.3. The fourth-order valence-electron chi connectivity index (χ4n) is 4.82. The monoisotopic (exact) mass is 590 g/mol. The van der Waals surface area contributed by atoms with Crippen LogP contribution in [0.5, 0.6) is 5.75 Å². The number of rotatable bonds is 13. The first-order chi connectivity index (χ1) is 19.6. The van der Waals surface area contributed by atoms with E-state index in [-0.39, 0.29) is 17.6 Å². The molecule has 0 aliphatic heterocycles. The van der Waals surface area contributed by atoms with Crippen LogP contribution in [0.15, 0.2) is 54.9 Å². The highest BCUT2D eigenvalue weighted by molar-refractivity contribution is 7.83. The third-order valence-corrected chi connectivity index (χ3v) is 8.04. The molecule has 0 amide bonds. The minimum Gasteiger partial charge on any atom is -0.469 e. The first kappa shape index (κ1) is 30.4. The van der Waals surface area contributed by atoms with Gasteiger partial charge in [-0.05, 0) is 65.6 Å². The molecule has 3 aromatic rings. The van der Waals surface area contributed by atoms with Crippen molar-refractivity contribution < 1.29 is 31.6 Å². The van der Waals surface area contributed by atoms with E-state index >= 15 is 0 Å². The molecule has 2 unspecified atom stereocenters. The number of ether oxygens (including phenoxy) is 2. The Hall–Kier alpha value is -3.51. The highest BCUT2D eigenvalue weighted by Crippen LogP contribution is 2.30. The number of alkyl halides is 3. The number of nitrogens with one attached hydrogen (secondary N) is 1. The summed E-state index contributed by atoms with van der Waals surface area (Å²) in [7, 11) is 0.0949. The van der Waals surface area contributed by atoms with Crippen LogP contribution in [0.3, 0.4) is 0 Å². The number of hydrogen-bond donors (Lipinski definition) is 1. The number of carbonyl (C=O) groups is 1. The standard InChI is InChI=1S/C29H33F3N4O4S/c1-3-20-17-33-28(34-18-20)36(19-21-7-9-25(10-8-21)40-29(30,31)32)13-12-35-41(38)14-11-22-5-4-6-23-15-24(16-26(22)23)27(37)39-2/h4-10,17-18,24,35H,3,11-16,19H2,1-2H3. The van der Waals surface area contributed by atoms with Crippen molar-refractivity contribution in [1.82, 2.24) is 14.7 Å². The van der Waals surface area contributed by atoms with Crippen molar-refractivity contribution in [2.45, 2.75) is 45.5 Å². The molecule has 1 aliphatic carbocycles. The van der Waals surface area contributed by atoms with Gasteiger partial charge in [0.1, 0.15) is 5.75 Å². The second-order valence-corrected chi connectivity index (χ2v) is 11.1. The normalized spacial score (nSPS) is 15.3. The Balaban J connectivity index is 1.34. The predicted molar refractivity (Wildman–Crippen MR) is 150 cm³/mol. The van der Waals surface area contributed by atoms with Gasteiger partial charge >= 0.3 is 12.3 Å². The average Bonchev–Trinajstić information content (AvgIpc) is 3.40. The van der Waals surface area contributed by atoms with Gasteiger partial charge < -0.3 is 14.4 Å². The van der Waals surface area contributed by atoms with Crippen LogP contribution >= 0.6 is 0 Å². The maximum absolute atomic E-state index is 12.8. The van der Waals surface area contributed by atoms with Crippen LogP contribution in [-0.2, 0) is 52.7 Å². The van der Waals surface area contributed by atoms with E-state index in [4.69, 9.17) is 4.74 Å². The number of anilines is 1. The molecule has 220 valence electrons. The maximum atomic E-state index is 12.8. The molecule has 0 saturated carbocycles. The molecule has 12 heteroatoms. The largest absolute Gasteiger partial charge is 0.573 e. The Morgan fingerprint density at radius 3 is 2.49 bits per heavy atom. The summed E-state index contributed by atoms with van der Waals surface area (Å²) in [6.07, 6.45) is 1.41. The molecule has 0 fully saturated rings. The number of carbonyl (C=O) groups excluding carboxylic acids is 1. The number of benzene rings is 2. The summed E-state index contributed by atoms with van der Waals surface area (Å²) in [5.74, 6) is 0.194. The molecule has 1 aromatic heterocycles. The molecular formula is C29H33F3N4O4S. The highest BCUT2D eigenvalue weighted by Gasteiger charge is 2.31. The van der Waals surface area contributed by atoms with Crippen molar-refractivity contribution >= 4 is 22.9 Å². The van der Waals surface area contributed by atoms with E-state index < -0.39 is 17.3 Å².